The van der Waals surface area contributed by atoms with E-state index in [-0.39, 0.29) is 10.7 Å². The zero-order valence-corrected chi connectivity index (χ0v) is 11.8. The molecular weight excluding hydrogens is 268 g/mol. The van der Waals surface area contributed by atoms with Gasteiger partial charge in [0.1, 0.15) is 0 Å². The summed E-state index contributed by atoms with van der Waals surface area (Å²) in [6.07, 6.45) is 6.81. The molecule has 2 heterocycles. The molecule has 0 radical (unpaired) electrons. The third-order valence-corrected chi connectivity index (χ3v) is 5.37. The summed E-state index contributed by atoms with van der Waals surface area (Å²) >= 11 is 6.84. The standard InChI is InChI=1S/C11H16N4OS2/c1-18-11(10(12)17)2-4-15(5-3-11)9(16)8-6-13-14-7-8/h6-7H,2-5H2,1H3,(H2,12,17)(H,13,14). The van der Waals surface area contributed by atoms with E-state index in [0.29, 0.717) is 23.6 Å². The highest BCUT2D eigenvalue weighted by Gasteiger charge is 2.38. The Morgan fingerprint density at radius 3 is 2.72 bits per heavy atom. The minimum absolute atomic E-state index is 0.0152. The topological polar surface area (TPSA) is 75.0 Å². The number of hydrogen-bond acceptors (Lipinski definition) is 4. The number of amides is 1. The van der Waals surface area contributed by atoms with E-state index < -0.39 is 0 Å². The normalized spacial score (nSPS) is 18.6. The van der Waals surface area contributed by atoms with Gasteiger partial charge >= 0.3 is 0 Å². The van der Waals surface area contributed by atoms with Crippen LogP contribution in [0.25, 0.3) is 0 Å². The molecule has 1 aromatic heterocycles. The van der Waals surface area contributed by atoms with Crippen molar-refractivity contribution in [3.63, 3.8) is 0 Å². The van der Waals surface area contributed by atoms with Gasteiger partial charge in [-0.15, -0.1) is 0 Å². The van der Waals surface area contributed by atoms with Gasteiger partial charge in [0.15, 0.2) is 0 Å². The lowest BCUT2D eigenvalue weighted by Gasteiger charge is -2.39. The molecule has 1 amide bonds. The number of carbonyl (C=O) groups excluding carboxylic acids is 1. The van der Waals surface area contributed by atoms with Gasteiger partial charge in [-0.25, -0.2) is 0 Å². The number of thioether (sulfide) groups is 1. The molecule has 0 unspecified atom stereocenters. The number of carbonyl (C=O) groups is 1. The second-order valence-electron chi connectivity index (χ2n) is 4.34. The van der Waals surface area contributed by atoms with Crippen LogP contribution in [0.5, 0.6) is 0 Å². The first-order valence-electron chi connectivity index (χ1n) is 5.72. The van der Waals surface area contributed by atoms with E-state index in [9.17, 15) is 4.79 Å². The number of aromatic nitrogens is 2. The molecule has 7 heteroatoms. The Hall–Kier alpha value is -1.08. The average molecular weight is 284 g/mol. The van der Waals surface area contributed by atoms with Crippen LogP contribution in [0.2, 0.25) is 0 Å². The van der Waals surface area contributed by atoms with Crippen LogP contribution < -0.4 is 5.73 Å². The van der Waals surface area contributed by atoms with Crippen LogP contribution in [0.4, 0.5) is 0 Å². The lowest BCUT2D eigenvalue weighted by Crippen LogP contribution is -2.50. The fourth-order valence-corrected chi connectivity index (χ4v) is 3.42. The molecule has 0 bridgehead atoms. The summed E-state index contributed by atoms with van der Waals surface area (Å²) in [6.45, 7) is 1.37. The first-order valence-corrected chi connectivity index (χ1v) is 7.35. The van der Waals surface area contributed by atoms with E-state index in [1.165, 1.54) is 0 Å². The first kappa shape index (κ1) is 13.4. The Kier molecular flexibility index (Phi) is 3.91. The molecule has 98 valence electrons. The van der Waals surface area contributed by atoms with Crippen molar-refractivity contribution in [2.45, 2.75) is 17.6 Å². The van der Waals surface area contributed by atoms with Crippen molar-refractivity contribution in [1.82, 2.24) is 15.1 Å². The maximum absolute atomic E-state index is 12.1. The Bertz CT molecular complexity index is 438. The van der Waals surface area contributed by atoms with E-state index >= 15 is 0 Å². The molecular formula is C11H16N4OS2. The Labute approximate surface area is 115 Å². The molecule has 0 aromatic carbocycles. The molecule has 1 aliphatic heterocycles. The highest BCUT2D eigenvalue weighted by Crippen LogP contribution is 2.35. The SMILES string of the molecule is CSC1(C(N)=S)CCN(C(=O)c2cn[nH]c2)CC1. The van der Waals surface area contributed by atoms with Crippen LogP contribution in [0.1, 0.15) is 23.2 Å². The predicted molar refractivity (Wildman–Crippen MR) is 76.8 cm³/mol. The summed E-state index contributed by atoms with van der Waals surface area (Å²) in [5, 5.41) is 6.45. The molecule has 0 spiro atoms. The van der Waals surface area contributed by atoms with Crippen molar-refractivity contribution in [1.29, 1.82) is 0 Å². The van der Waals surface area contributed by atoms with Crippen LogP contribution in [-0.2, 0) is 0 Å². The Morgan fingerprint density at radius 2 is 2.28 bits per heavy atom. The van der Waals surface area contributed by atoms with Crippen LogP contribution in [0.15, 0.2) is 12.4 Å². The molecule has 0 atom stereocenters. The summed E-state index contributed by atoms with van der Waals surface area (Å²) < 4.78 is -0.150. The number of hydrogen-bond donors (Lipinski definition) is 2. The summed E-state index contributed by atoms with van der Waals surface area (Å²) in [6, 6.07) is 0. The van der Waals surface area contributed by atoms with E-state index in [1.54, 1.807) is 24.2 Å². The van der Waals surface area contributed by atoms with Crippen LogP contribution in [0.3, 0.4) is 0 Å². The van der Waals surface area contributed by atoms with Gasteiger partial charge in [-0.2, -0.15) is 16.9 Å². The lowest BCUT2D eigenvalue weighted by atomic mass is 9.95. The third kappa shape index (κ3) is 2.37. The first-order chi connectivity index (χ1) is 8.59. The lowest BCUT2D eigenvalue weighted by molar-refractivity contribution is 0.0719. The van der Waals surface area contributed by atoms with E-state index in [2.05, 4.69) is 10.2 Å². The summed E-state index contributed by atoms with van der Waals surface area (Å²) in [5.41, 5.74) is 6.42. The zero-order valence-electron chi connectivity index (χ0n) is 10.2. The van der Waals surface area contributed by atoms with Crippen LogP contribution in [-0.4, -0.2) is 50.1 Å². The van der Waals surface area contributed by atoms with Gasteiger partial charge in [-0.05, 0) is 19.1 Å². The maximum Gasteiger partial charge on any atom is 0.257 e. The molecule has 1 saturated heterocycles. The van der Waals surface area contributed by atoms with Crippen molar-refractivity contribution in [2.24, 2.45) is 5.73 Å². The maximum atomic E-state index is 12.1. The number of aromatic amines is 1. The second-order valence-corrected chi connectivity index (χ2v) is 5.97. The molecule has 3 N–H and O–H groups in total. The van der Waals surface area contributed by atoms with Gasteiger partial charge in [0.25, 0.3) is 5.91 Å². The molecule has 1 aliphatic rings. The van der Waals surface area contributed by atoms with Crippen molar-refractivity contribution in [3.8, 4) is 0 Å². The number of nitrogens with zero attached hydrogens (tertiary/aromatic N) is 2. The number of likely N-dealkylation sites (tertiary alicyclic amines) is 1. The minimum atomic E-state index is -0.150. The quantitative estimate of drug-likeness (QED) is 0.811. The van der Waals surface area contributed by atoms with Gasteiger partial charge in [0, 0.05) is 19.3 Å². The van der Waals surface area contributed by atoms with Crippen molar-refractivity contribution in [3.05, 3.63) is 18.0 Å². The van der Waals surface area contributed by atoms with E-state index in [0.717, 1.165) is 12.8 Å². The predicted octanol–water partition coefficient (Wildman–Crippen LogP) is 1.03. The van der Waals surface area contributed by atoms with Gasteiger partial charge in [0.05, 0.1) is 21.5 Å². The minimum Gasteiger partial charge on any atom is -0.392 e. The summed E-state index contributed by atoms with van der Waals surface area (Å²) in [5.74, 6) is 0.0152. The third-order valence-electron chi connectivity index (χ3n) is 3.44. The van der Waals surface area contributed by atoms with Gasteiger partial charge < -0.3 is 10.6 Å². The fraction of sp³-hybridized carbons (Fsp3) is 0.545. The fourth-order valence-electron chi connectivity index (χ4n) is 2.17. The number of nitrogens with one attached hydrogen (secondary N) is 1. The Morgan fingerprint density at radius 1 is 1.61 bits per heavy atom. The molecule has 0 saturated carbocycles. The Balaban J connectivity index is 2.02. The second kappa shape index (κ2) is 5.27. The summed E-state index contributed by atoms with van der Waals surface area (Å²) in [4.78, 5) is 14.5. The summed E-state index contributed by atoms with van der Waals surface area (Å²) in [7, 11) is 0. The number of thiocarbonyl (C=S) groups is 1. The molecule has 2 rings (SSSR count). The average Bonchev–Trinajstić information content (AvgIpc) is 2.91. The number of H-pyrrole nitrogens is 1. The van der Waals surface area contributed by atoms with Crippen molar-refractivity contribution >= 4 is 34.9 Å². The molecule has 18 heavy (non-hydrogen) atoms. The van der Waals surface area contributed by atoms with Crippen LogP contribution in [0, 0.1) is 0 Å². The number of rotatable bonds is 3. The van der Waals surface area contributed by atoms with Crippen LogP contribution >= 0.6 is 24.0 Å². The molecule has 0 aliphatic carbocycles. The van der Waals surface area contributed by atoms with Gasteiger partial charge in [0.2, 0.25) is 0 Å². The number of nitrogens with two attached hydrogens (primary N) is 1. The van der Waals surface area contributed by atoms with E-state index in [1.807, 2.05) is 11.2 Å². The largest absolute Gasteiger partial charge is 0.392 e. The highest BCUT2D eigenvalue weighted by molar-refractivity contribution is 8.02. The zero-order chi connectivity index (χ0) is 13.2. The monoisotopic (exact) mass is 284 g/mol. The van der Waals surface area contributed by atoms with Crippen molar-refractivity contribution < 1.29 is 4.79 Å². The molecule has 1 aromatic rings. The van der Waals surface area contributed by atoms with Crippen molar-refractivity contribution in [2.75, 3.05) is 19.3 Å². The molecule has 1 fully saturated rings. The van der Waals surface area contributed by atoms with Gasteiger partial charge in [-0.1, -0.05) is 12.2 Å². The smallest absolute Gasteiger partial charge is 0.257 e. The highest BCUT2D eigenvalue weighted by atomic mass is 32.2. The number of piperidine rings is 1. The molecule has 5 nitrogen and oxygen atoms in total. The van der Waals surface area contributed by atoms with Gasteiger partial charge in [-0.3, -0.25) is 9.89 Å². The van der Waals surface area contributed by atoms with E-state index in [4.69, 9.17) is 18.0 Å².